The van der Waals surface area contributed by atoms with Gasteiger partial charge in [0.1, 0.15) is 6.54 Å². The molecule has 0 aromatic heterocycles. The average Bonchev–Trinajstić information content (AvgIpc) is 2.84. The van der Waals surface area contributed by atoms with Crippen molar-refractivity contribution in [1.29, 1.82) is 0 Å². The van der Waals surface area contributed by atoms with Gasteiger partial charge in [-0.25, -0.2) is 0 Å². The van der Waals surface area contributed by atoms with E-state index in [0.29, 0.717) is 0 Å². The molecule has 3 aliphatic rings. The van der Waals surface area contributed by atoms with E-state index in [1.54, 1.807) is 0 Å². The lowest BCUT2D eigenvalue weighted by Gasteiger charge is -2.35. The van der Waals surface area contributed by atoms with Crippen molar-refractivity contribution < 1.29 is 19.2 Å². The number of fused-ring (bicyclic) bond motifs is 5. The molecule has 5 heteroatoms. The third kappa shape index (κ3) is 1.41. The predicted molar refractivity (Wildman–Crippen MR) is 56.2 cm³/mol. The van der Waals surface area contributed by atoms with E-state index in [1.807, 2.05) is 12.2 Å². The topological polar surface area (TPSA) is 63.7 Å². The zero-order chi connectivity index (χ0) is 12.2. The molecule has 1 aliphatic heterocycles. The lowest BCUT2D eigenvalue weighted by molar-refractivity contribution is -0.205. The van der Waals surface area contributed by atoms with Crippen LogP contribution < -0.4 is 0 Å². The van der Waals surface area contributed by atoms with Crippen molar-refractivity contribution in [1.82, 2.24) is 5.06 Å². The first-order valence-corrected chi connectivity index (χ1v) is 5.79. The van der Waals surface area contributed by atoms with Gasteiger partial charge in [0.15, 0.2) is 5.78 Å². The molecule has 1 saturated heterocycles. The molecule has 3 rings (SSSR count). The lowest BCUT2D eigenvalue weighted by atomic mass is 9.77. The van der Waals surface area contributed by atoms with Crippen molar-refractivity contribution in [2.45, 2.75) is 13.3 Å². The van der Waals surface area contributed by atoms with Crippen LogP contribution in [0.5, 0.6) is 0 Å². The third-order valence-corrected chi connectivity index (χ3v) is 3.90. The Hall–Kier alpha value is -1.65. The van der Waals surface area contributed by atoms with Gasteiger partial charge in [-0.15, -0.1) is 0 Å². The zero-order valence-electron chi connectivity index (χ0n) is 9.46. The number of amides is 1. The predicted octanol–water partition coefficient (Wildman–Crippen LogP) is 0.314. The first kappa shape index (κ1) is 10.5. The number of hydroxylamine groups is 2. The van der Waals surface area contributed by atoms with E-state index in [-0.39, 0.29) is 41.9 Å². The molecule has 17 heavy (non-hydrogen) atoms. The summed E-state index contributed by atoms with van der Waals surface area (Å²) in [6, 6.07) is 0. The minimum atomic E-state index is -0.566. The Morgan fingerprint density at radius 3 is 2.59 bits per heavy atom. The SMILES string of the molecule is CC(=O)ON1CC(=O)C2C3C=CC(C3)C2C1=O. The number of rotatable bonds is 1. The van der Waals surface area contributed by atoms with Crippen LogP contribution in [-0.4, -0.2) is 29.3 Å². The fourth-order valence-corrected chi connectivity index (χ4v) is 3.32. The van der Waals surface area contributed by atoms with Gasteiger partial charge < -0.3 is 4.84 Å². The summed E-state index contributed by atoms with van der Waals surface area (Å²) in [5.74, 6) is -0.937. The molecule has 4 unspecified atom stereocenters. The van der Waals surface area contributed by atoms with Crippen LogP contribution in [-0.2, 0) is 19.2 Å². The van der Waals surface area contributed by atoms with E-state index < -0.39 is 5.97 Å². The van der Waals surface area contributed by atoms with Crippen LogP contribution in [0.15, 0.2) is 12.2 Å². The van der Waals surface area contributed by atoms with Crippen molar-refractivity contribution in [3.8, 4) is 0 Å². The minimum Gasteiger partial charge on any atom is -0.338 e. The molecule has 0 aromatic rings. The Morgan fingerprint density at radius 1 is 1.29 bits per heavy atom. The summed E-state index contributed by atoms with van der Waals surface area (Å²) >= 11 is 0. The van der Waals surface area contributed by atoms with Crippen LogP contribution in [0.4, 0.5) is 0 Å². The second-order valence-electron chi connectivity index (χ2n) is 4.92. The fraction of sp³-hybridized carbons (Fsp3) is 0.583. The van der Waals surface area contributed by atoms with Crippen LogP contribution in [0.3, 0.4) is 0 Å². The van der Waals surface area contributed by atoms with E-state index in [1.165, 1.54) is 6.92 Å². The largest absolute Gasteiger partial charge is 0.338 e. The van der Waals surface area contributed by atoms with Gasteiger partial charge in [-0.3, -0.25) is 14.4 Å². The molecule has 1 amide bonds. The number of nitrogens with zero attached hydrogens (tertiary/aromatic N) is 1. The van der Waals surface area contributed by atoms with Crippen LogP contribution in [0.2, 0.25) is 0 Å². The molecular formula is C12H13NO4. The Labute approximate surface area is 98.4 Å². The smallest absolute Gasteiger partial charge is 0.329 e. The Morgan fingerprint density at radius 2 is 1.94 bits per heavy atom. The maximum Gasteiger partial charge on any atom is 0.329 e. The number of Topliss-reactive ketones (excluding diaryl/α,β-unsaturated/α-hetero) is 1. The quantitative estimate of drug-likeness (QED) is 0.614. The zero-order valence-corrected chi connectivity index (χ0v) is 9.46. The molecule has 1 saturated carbocycles. The molecule has 5 nitrogen and oxygen atoms in total. The van der Waals surface area contributed by atoms with Gasteiger partial charge in [0.25, 0.3) is 5.91 Å². The molecule has 2 fully saturated rings. The maximum absolute atomic E-state index is 12.1. The second kappa shape index (κ2) is 3.42. The number of ketones is 1. The summed E-state index contributed by atoms with van der Waals surface area (Å²) in [7, 11) is 0. The van der Waals surface area contributed by atoms with Crippen molar-refractivity contribution in [2.75, 3.05) is 6.54 Å². The molecule has 1 heterocycles. The second-order valence-corrected chi connectivity index (χ2v) is 4.92. The summed E-state index contributed by atoms with van der Waals surface area (Å²) < 4.78 is 0. The van der Waals surface area contributed by atoms with Gasteiger partial charge in [-0.1, -0.05) is 12.2 Å². The van der Waals surface area contributed by atoms with E-state index in [2.05, 4.69) is 0 Å². The number of carbonyl (C=O) groups is 3. The monoisotopic (exact) mass is 235 g/mol. The summed E-state index contributed by atoms with van der Waals surface area (Å²) in [4.78, 5) is 39.8. The number of piperidine rings is 1. The summed E-state index contributed by atoms with van der Waals surface area (Å²) in [5, 5.41) is 0.931. The van der Waals surface area contributed by atoms with Gasteiger partial charge in [0, 0.05) is 12.8 Å². The summed E-state index contributed by atoms with van der Waals surface area (Å²) in [6.45, 7) is 1.13. The highest BCUT2D eigenvalue weighted by atomic mass is 16.7. The Balaban J connectivity index is 1.88. The van der Waals surface area contributed by atoms with E-state index in [4.69, 9.17) is 4.84 Å². The number of hydrogen-bond donors (Lipinski definition) is 0. The van der Waals surface area contributed by atoms with Gasteiger partial charge >= 0.3 is 5.97 Å². The first-order chi connectivity index (χ1) is 8.08. The normalized spacial score (nSPS) is 38.5. The molecule has 4 atom stereocenters. The molecular weight excluding hydrogens is 222 g/mol. The average molecular weight is 235 g/mol. The van der Waals surface area contributed by atoms with Crippen LogP contribution in [0.1, 0.15) is 13.3 Å². The van der Waals surface area contributed by atoms with Crippen LogP contribution in [0, 0.1) is 23.7 Å². The number of allylic oxidation sites excluding steroid dienone is 2. The standard InChI is InChI=1S/C12H13NO4/c1-6(14)17-13-5-9(15)10-7-2-3-8(4-7)11(10)12(13)16/h2-3,7-8,10-11H,4-5H2,1H3. The molecule has 2 bridgehead atoms. The molecule has 0 N–H and O–H groups in total. The number of hydrogen-bond acceptors (Lipinski definition) is 4. The van der Waals surface area contributed by atoms with Crippen LogP contribution >= 0.6 is 0 Å². The van der Waals surface area contributed by atoms with Gasteiger partial charge in [0.05, 0.1) is 5.92 Å². The molecule has 2 aliphatic carbocycles. The minimum absolute atomic E-state index is 0.00713. The molecule has 0 spiro atoms. The highest BCUT2D eigenvalue weighted by Gasteiger charge is 2.55. The van der Waals surface area contributed by atoms with Crippen LogP contribution in [0.25, 0.3) is 0 Å². The first-order valence-electron chi connectivity index (χ1n) is 5.79. The van der Waals surface area contributed by atoms with Gasteiger partial charge in [-0.05, 0) is 18.3 Å². The van der Waals surface area contributed by atoms with Crippen molar-refractivity contribution in [3.63, 3.8) is 0 Å². The van der Waals surface area contributed by atoms with E-state index >= 15 is 0 Å². The lowest BCUT2D eigenvalue weighted by Crippen LogP contribution is -2.52. The van der Waals surface area contributed by atoms with Crippen molar-refractivity contribution in [2.24, 2.45) is 23.7 Å². The third-order valence-electron chi connectivity index (χ3n) is 3.90. The van der Waals surface area contributed by atoms with Crippen molar-refractivity contribution in [3.05, 3.63) is 12.2 Å². The van der Waals surface area contributed by atoms with Gasteiger partial charge in [-0.2, -0.15) is 5.06 Å². The van der Waals surface area contributed by atoms with Crippen molar-refractivity contribution >= 4 is 17.7 Å². The Bertz CT molecular complexity index is 442. The fourth-order valence-electron chi connectivity index (χ4n) is 3.32. The Kier molecular flexibility index (Phi) is 2.11. The highest BCUT2D eigenvalue weighted by Crippen LogP contribution is 2.50. The summed E-state index contributed by atoms with van der Waals surface area (Å²) in [5.41, 5.74) is 0. The maximum atomic E-state index is 12.1. The molecule has 0 radical (unpaired) electrons. The number of carbonyl (C=O) groups excluding carboxylic acids is 3. The molecule has 90 valence electrons. The van der Waals surface area contributed by atoms with E-state index in [0.717, 1.165) is 11.5 Å². The van der Waals surface area contributed by atoms with Gasteiger partial charge in [0.2, 0.25) is 0 Å². The van der Waals surface area contributed by atoms with E-state index in [9.17, 15) is 14.4 Å². The highest BCUT2D eigenvalue weighted by molar-refractivity contribution is 5.97. The molecule has 0 aromatic carbocycles. The summed E-state index contributed by atoms with van der Waals surface area (Å²) in [6.07, 6.45) is 4.92.